The number of hydrogen-bond donors (Lipinski definition) is 1. The third-order valence-corrected chi connectivity index (χ3v) is 3.01. The molecule has 2 aromatic rings. The zero-order valence-corrected chi connectivity index (χ0v) is 11.0. The lowest BCUT2D eigenvalue weighted by Gasteiger charge is -2.02. The average Bonchev–Trinajstić information content (AvgIpc) is 2.26. The van der Waals surface area contributed by atoms with E-state index in [-0.39, 0.29) is 26.7 Å². The predicted octanol–water partition coefficient (Wildman–Crippen LogP) is 1.58. The molecule has 0 aliphatic carbocycles. The molecule has 0 atom stereocenters. The molecule has 0 aromatic carbocycles. The number of H-pyrrole nitrogens is 1. The molecule has 0 spiro atoms. The van der Waals surface area contributed by atoms with Crippen LogP contribution in [-0.2, 0) is 0 Å². The van der Waals surface area contributed by atoms with Gasteiger partial charge in [0.05, 0.1) is 4.92 Å². The lowest BCUT2D eigenvalue weighted by Crippen LogP contribution is -2.08. The van der Waals surface area contributed by atoms with Gasteiger partial charge in [-0.25, -0.2) is 15.0 Å². The molecule has 98 valence electrons. The van der Waals surface area contributed by atoms with Gasteiger partial charge >= 0.3 is 5.69 Å². The van der Waals surface area contributed by atoms with Crippen LogP contribution in [0.2, 0.25) is 5.28 Å². The molecule has 1 N–H and O–H groups in total. The first kappa shape index (κ1) is 13.4. The van der Waals surface area contributed by atoms with Crippen molar-refractivity contribution in [3.05, 3.63) is 43.7 Å². The number of aryl methyl sites for hydroxylation is 1. The molecule has 8 nitrogen and oxygen atoms in total. The van der Waals surface area contributed by atoms with Gasteiger partial charge in [-0.3, -0.25) is 14.9 Å². The van der Waals surface area contributed by atoms with Crippen molar-refractivity contribution in [1.82, 2.24) is 19.9 Å². The molecule has 0 unspecified atom stereocenters. The summed E-state index contributed by atoms with van der Waals surface area (Å²) in [5, 5.41) is 10.9. The van der Waals surface area contributed by atoms with Crippen molar-refractivity contribution in [2.75, 3.05) is 0 Å². The molecule has 0 fully saturated rings. The van der Waals surface area contributed by atoms with Crippen LogP contribution in [0, 0.1) is 17.0 Å². The second-order valence-electron chi connectivity index (χ2n) is 3.38. The van der Waals surface area contributed by atoms with Crippen LogP contribution in [0.15, 0.2) is 27.2 Å². The molecule has 0 radical (unpaired) electrons. The number of nitrogens with one attached hydrogen (secondary N) is 1. The Morgan fingerprint density at radius 3 is 2.84 bits per heavy atom. The molecule has 0 saturated carbocycles. The van der Waals surface area contributed by atoms with E-state index in [0.717, 1.165) is 18.0 Å². The SMILES string of the molecule is Cc1cc(=O)[nH]c(Sc2nc(Cl)ncc2[N+](=O)[O-])n1. The van der Waals surface area contributed by atoms with E-state index in [9.17, 15) is 14.9 Å². The highest BCUT2D eigenvalue weighted by atomic mass is 35.5. The minimum Gasteiger partial charge on any atom is -0.301 e. The summed E-state index contributed by atoms with van der Waals surface area (Å²) < 4.78 is 0. The van der Waals surface area contributed by atoms with Crippen LogP contribution in [0.5, 0.6) is 0 Å². The van der Waals surface area contributed by atoms with Crippen LogP contribution in [-0.4, -0.2) is 24.9 Å². The first-order valence-electron chi connectivity index (χ1n) is 4.88. The number of nitrogens with zero attached hydrogens (tertiary/aromatic N) is 4. The lowest BCUT2D eigenvalue weighted by molar-refractivity contribution is -0.388. The number of aromatic amines is 1. The average molecular weight is 300 g/mol. The third-order valence-electron chi connectivity index (χ3n) is 1.94. The van der Waals surface area contributed by atoms with Crippen LogP contribution in [0.4, 0.5) is 5.69 Å². The van der Waals surface area contributed by atoms with Crippen LogP contribution < -0.4 is 5.56 Å². The number of aromatic nitrogens is 4. The van der Waals surface area contributed by atoms with E-state index in [1.165, 1.54) is 6.07 Å². The fourth-order valence-electron chi connectivity index (χ4n) is 1.23. The summed E-state index contributed by atoms with van der Waals surface area (Å²) in [5.74, 6) is 0. The Kier molecular flexibility index (Phi) is 3.76. The van der Waals surface area contributed by atoms with Gasteiger partial charge in [-0.2, -0.15) is 0 Å². The van der Waals surface area contributed by atoms with E-state index < -0.39 is 4.92 Å². The lowest BCUT2D eigenvalue weighted by atomic mass is 10.5. The summed E-state index contributed by atoms with van der Waals surface area (Å²) in [6, 6.07) is 1.31. The van der Waals surface area contributed by atoms with Crippen LogP contribution in [0.1, 0.15) is 5.69 Å². The minimum absolute atomic E-state index is 0.0127. The van der Waals surface area contributed by atoms with Crippen LogP contribution in [0.25, 0.3) is 0 Å². The Bertz CT molecular complexity index is 704. The fraction of sp³-hybridized carbons (Fsp3) is 0.111. The van der Waals surface area contributed by atoms with Gasteiger partial charge in [-0.05, 0) is 30.3 Å². The summed E-state index contributed by atoms with van der Waals surface area (Å²) in [7, 11) is 0. The first-order valence-corrected chi connectivity index (χ1v) is 6.08. The predicted molar refractivity (Wildman–Crippen MR) is 67.4 cm³/mol. The van der Waals surface area contributed by atoms with Crippen molar-refractivity contribution in [3.8, 4) is 0 Å². The summed E-state index contributed by atoms with van der Waals surface area (Å²) in [6.45, 7) is 1.64. The van der Waals surface area contributed by atoms with Crippen molar-refractivity contribution in [2.45, 2.75) is 17.1 Å². The third kappa shape index (κ3) is 3.26. The largest absolute Gasteiger partial charge is 0.320 e. The molecule has 0 saturated heterocycles. The second-order valence-corrected chi connectivity index (χ2v) is 4.70. The summed E-state index contributed by atoms with van der Waals surface area (Å²) in [6.07, 6.45) is 1.01. The van der Waals surface area contributed by atoms with E-state index in [4.69, 9.17) is 11.6 Å². The Morgan fingerprint density at radius 1 is 1.47 bits per heavy atom. The van der Waals surface area contributed by atoms with Gasteiger partial charge in [0.2, 0.25) is 5.28 Å². The van der Waals surface area contributed by atoms with Crippen molar-refractivity contribution < 1.29 is 4.92 Å². The highest BCUT2D eigenvalue weighted by Gasteiger charge is 2.19. The molecule has 2 rings (SSSR count). The number of halogens is 1. The maximum Gasteiger partial charge on any atom is 0.320 e. The highest BCUT2D eigenvalue weighted by Crippen LogP contribution is 2.30. The van der Waals surface area contributed by atoms with Crippen LogP contribution >= 0.6 is 23.4 Å². The Morgan fingerprint density at radius 2 is 2.21 bits per heavy atom. The molecule has 10 heteroatoms. The smallest absolute Gasteiger partial charge is 0.301 e. The molecule has 0 aliphatic heterocycles. The molecule has 0 amide bonds. The molecule has 0 aliphatic rings. The van der Waals surface area contributed by atoms with Gasteiger partial charge in [-0.1, -0.05) is 0 Å². The molecule has 0 bridgehead atoms. The van der Waals surface area contributed by atoms with Crippen molar-refractivity contribution in [1.29, 1.82) is 0 Å². The maximum absolute atomic E-state index is 11.3. The number of rotatable bonds is 3. The normalized spacial score (nSPS) is 10.4. The van der Waals surface area contributed by atoms with Gasteiger partial charge in [0, 0.05) is 11.8 Å². The summed E-state index contributed by atoms with van der Waals surface area (Å²) >= 11 is 6.44. The Hall–Kier alpha value is -2.00. The minimum atomic E-state index is -0.632. The van der Waals surface area contributed by atoms with Crippen molar-refractivity contribution >= 4 is 29.1 Å². The second kappa shape index (κ2) is 5.33. The maximum atomic E-state index is 11.3. The molecular formula is C9H6ClN5O3S. The van der Waals surface area contributed by atoms with Crippen molar-refractivity contribution in [2.24, 2.45) is 0 Å². The Labute approximate surface area is 115 Å². The topological polar surface area (TPSA) is 115 Å². The van der Waals surface area contributed by atoms with Gasteiger partial charge < -0.3 is 4.98 Å². The fourth-order valence-corrected chi connectivity index (χ4v) is 2.30. The van der Waals surface area contributed by atoms with Crippen molar-refractivity contribution in [3.63, 3.8) is 0 Å². The first-order chi connectivity index (χ1) is 8.95. The van der Waals surface area contributed by atoms with Gasteiger partial charge in [0.1, 0.15) is 6.20 Å². The van der Waals surface area contributed by atoms with E-state index >= 15 is 0 Å². The zero-order valence-electron chi connectivity index (χ0n) is 9.45. The molecule has 2 aromatic heterocycles. The highest BCUT2D eigenvalue weighted by molar-refractivity contribution is 7.99. The van der Waals surface area contributed by atoms with Crippen LogP contribution in [0.3, 0.4) is 0 Å². The van der Waals surface area contributed by atoms with E-state index in [1.54, 1.807) is 6.92 Å². The summed E-state index contributed by atoms with van der Waals surface area (Å²) in [5.41, 5.74) is -0.162. The Balaban J connectivity index is 2.45. The number of hydrogen-bond acceptors (Lipinski definition) is 7. The van der Waals surface area contributed by atoms with E-state index in [1.807, 2.05) is 0 Å². The molecular weight excluding hydrogens is 294 g/mol. The standard InChI is InChI=1S/C9H6ClN5O3S/c1-4-2-6(16)13-9(12-4)19-7-5(15(17)18)3-11-8(10)14-7/h2-3H,1H3,(H,12,13,16). The van der Waals surface area contributed by atoms with Gasteiger partial charge in [0.25, 0.3) is 5.56 Å². The number of nitro groups is 1. The van der Waals surface area contributed by atoms with Gasteiger partial charge in [0.15, 0.2) is 10.2 Å². The quantitative estimate of drug-likeness (QED) is 0.396. The monoisotopic (exact) mass is 299 g/mol. The van der Waals surface area contributed by atoms with Gasteiger partial charge in [-0.15, -0.1) is 0 Å². The van der Waals surface area contributed by atoms with E-state index in [2.05, 4.69) is 19.9 Å². The van der Waals surface area contributed by atoms with E-state index in [0.29, 0.717) is 5.69 Å². The molecule has 19 heavy (non-hydrogen) atoms. The summed E-state index contributed by atoms with van der Waals surface area (Å²) in [4.78, 5) is 35.3. The molecule has 2 heterocycles. The zero-order chi connectivity index (χ0) is 14.0.